The Hall–Kier alpha value is -2.34. The Kier molecular flexibility index (Phi) is 5.85. The van der Waals surface area contributed by atoms with Crippen LogP contribution >= 0.6 is 23.2 Å². The van der Waals surface area contributed by atoms with Gasteiger partial charge in [0, 0.05) is 6.54 Å². The molecule has 1 aromatic rings. The molecule has 0 spiro atoms. The molecule has 7 nitrogen and oxygen atoms in total. The lowest BCUT2D eigenvalue weighted by molar-refractivity contribution is -0.136. The summed E-state index contributed by atoms with van der Waals surface area (Å²) in [5, 5.41) is 20.3. The number of nitrogens with one attached hydrogen (secondary N) is 1. The number of anilines is 1. The Morgan fingerprint density at radius 3 is 2.76 bits per heavy atom. The zero-order valence-electron chi connectivity index (χ0n) is 12.9. The number of aliphatic hydroxyl groups is 1. The molecule has 1 aliphatic heterocycles. The van der Waals surface area contributed by atoms with Gasteiger partial charge in [-0.2, -0.15) is 5.26 Å². The fourth-order valence-electron chi connectivity index (χ4n) is 2.30. The number of carbonyl (C=O) groups excluding carboxylic acids is 2. The first-order chi connectivity index (χ1) is 11.8. The van der Waals surface area contributed by atoms with Gasteiger partial charge in [-0.1, -0.05) is 23.2 Å². The van der Waals surface area contributed by atoms with Crippen molar-refractivity contribution in [3.05, 3.63) is 38.8 Å². The summed E-state index contributed by atoms with van der Waals surface area (Å²) in [5.41, 5.74) is -0.930. The van der Waals surface area contributed by atoms with Crippen LogP contribution in [0.5, 0.6) is 0 Å². The minimum Gasteiger partial charge on any atom is -0.466 e. The summed E-state index contributed by atoms with van der Waals surface area (Å²) in [4.78, 5) is 25.5. The molecule has 2 rings (SSSR count). The largest absolute Gasteiger partial charge is 0.466 e. The summed E-state index contributed by atoms with van der Waals surface area (Å²) in [6, 6.07) is 2.69. The summed E-state index contributed by atoms with van der Waals surface area (Å²) in [6.07, 6.45) is 0. The van der Waals surface area contributed by atoms with Gasteiger partial charge < -0.3 is 20.1 Å². The lowest BCUT2D eigenvalue weighted by Crippen LogP contribution is -2.31. The number of esters is 1. The van der Waals surface area contributed by atoms with Crippen LogP contribution in [0.2, 0.25) is 10.0 Å². The highest BCUT2D eigenvalue weighted by Crippen LogP contribution is 2.35. The second-order valence-electron chi connectivity index (χ2n) is 4.94. The van der Waals surface area contributed by atoms with E-state index in [1.165, 1.54) is 4.90 Å². The highest BCUT2D eigenvalue weighted by Gasteiger charge is 2.35. The van der Waals surface area contributed by atoms with Crippen LogP contribution in [0.3, 0.4) is 0 Å². The quantitative estimate of drug-likeness (QED) is 0.588. The Morgan fingerprint density at radius 2 is 2.20 bits per heavy atom. The van der Waals surface area contributed by atoms with E-state index in [-0.39, 0.29) is 46.7 Å². The van der Waals surface area contributed by atoms with E-state index in [1.807, 2.05) is 0 Å². The van der Waals surface area contributed by atoms with E-state index in [0.717, 1.165) is 13.2 Å². The minimum absolute atomic E-state index is 0.0155. The standard InChI is InChI=1S/C15H12Cl2FN3O4/c1-25-15(24)8-6-21(2-3-22)14(23)13(8)20-12-7(5-19)11(18)9(16)4-10(12)17/h4,20,22H,2-3,6H2,1H3. The number of nitriles is 1. The third-order valence-electron chi connectivity index (χ3n) is 3.49. The molecule has 1 aliphatic rings. The van der Waals surface area contributed by atoms with Crippen molar-refractivity contribution in [1.29, 1.82) is 5.26 Å². The molecule has 0 saturated carbocycles. The third kappa shape index (κ3) is 3.54. The number of rotatable bonds is 5. The molecule has 1 heterocycles. The van der Waals surface area contributed by atoms with Crippen molar-refractivity contribution in [2.45, 2.75) is 0 Å². The van der Waals surface area contributed by atoms with E-state index in [9.17, 15) is 14.0 Å². The van der Waals surface area contributed by atoms with Crippen LogP contribution in [0.4, 0.5) is 10.1 Å². The van der Waals surface area contributed by atoms with Gasteiger partial charge in [0.05, 0.1) is 41.6 Å². The minimum atomic E-state index is -1.01. The van der Waals surface area contributed by atoms with E-state index in [4.69, 9.17) is 33.6 Å². The van der Waals surface area contributed by atoms with Crippen molar-refractivity contribution in [1.82, 2.24) is 4.90 Å². The molecule has 0 fully saturated rings. The zero-order chi connectivity index (χ0) is 18.7. The van der Waals surface area contributed by atoms with Crippen molar-refractivity contribution in [3.8, 4) is 6.07 Å². The van der Waals surface area contributed by atoms with Crippen molar-refractivity contribution < 1.29 is 23.8 Å². The van der Waals surface area contributed by atoms with Gasteiger partial charge in [-0.3, -0.25) is 4.79 Å². The van der Waals surface area contributed by atoms with Crippen LogP contribution in [-0.4, -0.2) is 48.7 Å². The lowest BCUT2D eigenvalue weighted by atomic mass is 10.1. The van der Waals surface area contributed by atoms with Gasteiger partial charge in [-0.25, -0.2) is 9.18 Å². The molecule has 0 unspecified atom stereocenters. The number of β-amino-alcohol motifs (C(OH)–C–C–N with tert-alkyl or cyclic N) is 1. The second-order valence-corrected chi connectivity index (χ2v) is 5.75. The Bertz CT molecular complexity index is 820. The SMILES string of the molecule is COC(=O)C1=C(Nc2c(Cl)cc(Cl)c(F)c2C#N)C(=O)N(CCO)C1. The van der Waals surface area contributed by atoms with Crippen molar-refractivity contribution in [2.75, 3.05) is 32.1 Å². The molecule has 0 radical (unpaired) electrons. The predicted molar refractivity (Wildman–Crippen MR) is 87.5 cm³/mol. The van der Waals surface area contributed by atoms with E-state index in [2.05, 4.69) is 10.1 Å². The summed E-state index contributed by atoms with van der Waals surface area (Å²) < 4.78 is 18.7. The molecule has 0 saturated heterocycles. The normalized spacial score (nSPS) is 13.9. The highest BCUT2D eigenvalue weighted by molar-refractivity contribution is 6.37. The maximum absolute atomic E-state index is 14.0. The van der Waals surface area contributed by atoms with Gasteiger partial charge in [0.15, 0.2) is 5.82 Å². The predicted octanol–water partition coefficient (Wildman–Crippen LogP) is 1.68. The number of ether oxygens (including phenoxy) is 1. The van der Waals surface area contributed by atoms with E-state index >= 15 is 0 Å². The van der Waals surface area contributed by atoms with Crippen LogP contribution in [0, 0.1) is 17.1 Å². The van der Waals surface area contributed by atoms with Gasteiger partial charge >= 0.3 is 5.97 Å². The first-order valence-electron chi connectivity index (χ1n) is 6.91. The fourth-order valence-corrected chi connectivity index (χ4v) is 2.81. The average molecular weight is 388 g/mol. The molecule has 0 bridgehead atoms. The molecule has 25 heavy (non-hydrogen) atoms. The lowest BCUT2D eigenvalue weighted by Gasteiger charge is -2.16. The zero-order valence-corrected chi connectivity index (χ0v) is 14.4. The summed E-state index contributed by atoms with van der Waals surface area (Å²) in [7, 11) is 1.14. The van der Waals surface area contributed by atoms with Gasteiger partial charge in [0.1, 0.15) is 17.3 Å². The summed E-state index contributed by atoms with van der Waals surface area (Å²) >= 11 is 11.7. The first kappa shape index (κ1) is 19.0. The number of hydrogen-bond donors (Lipinski definition) is 2. The van der Waals surface area contributed by atoms with E-state index in [1.54, 1.807) is 6.07 Å². The molecule has 1 amide bonds. The smallest absolute Gasteiger partial charge is 0.337 e. The monoisotopic (exact) mass is 387 g/mol. The van der Waals surface area contributed by atoms with Gasteiger partial charge in [-0.05, 0) is 6.07 Å². The number of benzene rings is 1. The maximum Gasteiger partial charge on any atom is 0.337 e. The maximum atomic E-state index is 14.0. The first-order valence-corrected chi connectivity index (χ1v) is 7.67. The average Bonchev–Trinajstić information content (AvgIpc) is 2.89. The highest BCUT2D eigenvalue weighted by atomic mass is 35.5. The Morgan fingerprint density at radius 1 is 1.52 bits per heavy atom. The number of amides is 1. The van der Waals surface area contributed by atoms with Crippen molar-refractivity contribution in [2.24, 2.45) is 0 Å². The number of aliphatic hydroxyl groups excluding tert-OH is 1. The summed E-state index contributed by atoms with van der Waals surface area (Å²) in [6.45, 7) is -0.435. The number of nitrogens with zero attached hydrogens (tertiary/aromatic N) is 2. The van der Waals surface area contributed by atoms with Crippen LogP contribution in [0.25, 0.3) is 0 Å². The topological polar surface area (TPSA) is 103 Å². The van der Waals surface area contributed by atoms with Crippen LogP contribution in [0.1, 0.15) is 5.56 Å². The number of halogens is 3. The molecule has 0 aliphatic carbocycles. The molecule has 1 aromatic carbocycles. The van der Waals surface area contributed by atoms with Gasteiger partial charge in [0.25, 0.3) is 5.91 Å². The van der Waals surface area contributed by atoms with Crippen molar-refractivity contribution >= 4 is 40.8 Å². The molecular weight excluding hydrogens is 376 g/mol. The molecular formula is C15H12Cl2FN3O4. The van der Waals surface area contributed by atoms with Crippen LogP contribution in [0.15, 0.2) is 17.3 Å². The Labute approximate surface area is 152 Å². The second kappa shape index (κ2) is 7.70. The Balaban J connectivity index is 2.53. The van der Waals surface area contributed by atoms with Gasteiger partial charge in [0.2, 0.25) is 0 Å². The third-order valence-corrected chi connectivity index (χ3v) is 4.06. The molecule has 10 heteroatoms. The molecule has 2 N–H and O–H groups in total. The van der Waals surface area contributed by atoms with Gasteiger partial charge in [-0.15, -0.1) is 0 Å². The molecule has 0 aromatic heterocycles. The number of carbonyl (C=O) groups is 2. The van der Waals surface area contributed by atoms with Crippen LogP contribution in [-0.2, 0) is 14.3 Å². The fraction of sp³-hybridized carbons (Fsp3) is 0.267. The number of hydrogen-bond acceptors (Lipinski definition) is 6. The van der Waals surface area contributed by atoms with E-state index < -0.39 is 23.3 Å². The molecule has 0 atom stereocenters. The van der Waals surface area contributed by atoms with Crippen LogP contribution < -0.4 is 5.32 Å². The van der Waals surface area contributed by atoms with E-state index in [0.29, 0.717) is 0 Å². The van der Waals surface area contributed by atoms with Crippen molar-refractivity contribution in [3.63, 3.8) is 0 Å². The number of methoxy groups -OCH3 is 1. The summed E-state index contributed by atoms with van der Waals surface area (Å²) in [5.74, 6) is -2.40. The molecule has 132 valence electrons.